The molecule has 2 N–H and O–H groups in total. The van der Waals surface area contributed by atoms with Gasteiger partial charge in [0.1, 0.15) is 6.04 Å². The van der Waals surface area contributed by atoms with Crippen LogP contribution in [0.25, 0.3) is 0 Å². The molecule has 1 aromatic heterocycles. The third-order valence-electron chi connectivity index (χ3n) is 2.70. The number of carbonyl (C=O) groups excluding carboxylic acids is 1. The molecule has 0 saturated carbocycles. The van der Waals surface area contributed by atoms with E-state index in [0.717, 1.165) is 5.69 Å². The van der Waals surface area contributed by atoms with Crippen molar-refractivity contribution in [1.29, 1.82) is 0 Å². The average Bonchev–Trinajstić information content (AvgIpc) is 2.59. The zero-order chi connectivity index (χ0) is 13.2. The summed E-state index contributed by atoms with van der Waals surface area (Å²) >= 11 is 5.25. The van der Waals surface area contributed by atoms with E-state index < -0.39 is 0 Å². The maximum atomic E-state index is 11.9. The second-order valence-corrected chi connectivity index (χ2v) is 5.56. The summed E-state index contributed by atoms with van der Waals surface area (Å²) in [5.41, 5.74) is 0.996. The van der Waals surface area contributed by atoms with Crippen LogP contribution in [0, 0.1) is 4.77 Å². The minimum absolute atomic E-state index is 0.00583. The maximum Gasteiger partial charge on any atom is 0.242 e. The Morgan fingerprint density at radius 2 is 2.18 bits per heavy atom. The van der Waals surface area contributed by atoms with E-state index in [1.165, 1.54) is 0 Å². The molecule has 5 heteroatoms. The summed E-state index contributed by atoms with van der Waals surface area (Å²) in [6.45, 7) is 10.7. The Hall–Kier alpha value is -1.10. The lowest BCUT2D eigenvalue weighted by molar-refractivity contribution is -0.123. The highest BCUT2D eigenvalue weighted by molar-refractivity contribution is 7.71. The quantitative estimate of drug-likeness (QED) is 0.815. The normalized spacial score (nSPS) is 13.5. The van der Waals surface area contributed by atoms with E-state index in [9.17, 15) is 4.79 Å². The van der Waals surface area contributed by atoms with Gasteiger partial charge in [0.2, 0.25) is 5.91 Å². The molecule has 1 aromatic rings. The third kappa shape index (κ3) is 2.97. The molecule has 1 unspecified atom stereocenters. The SMILES string of the molecule is CCNC(=O)C(C)n1c(C(C)(C)C)c[nH]c1=S. The van der Waals surface area contributed by atoms with Crippen molar-refractivity contribution < 1.29 is 4.79 Å². The van der Waals surface area contributed by atoms with Crippen LogP contribution in [-0.2, 0) is 10.2 Å². The number of carbonyl (C=O) groups is 1. The summed E-state index contributed by atoms with van der Waals surface area (Å²) in [5, 5.41) is 2.82. The summed E-state index contributed by atoms with van der Waals surface area (Å²) in [4.78, 5) is 14.9. The van der Waals surface area contributed by atoms with Gasteiger partial charge < -0.3 is 14.9 Å². The van der Waals surface area contributed by atoms with Gasteiger partial charge in [0.25, 0.3) is 0 Å². The maximum absolute atomic E-state index is 11.9. The molecule has 96 valence electrons. The third-order valence-corrected chi connectivity index (χ3v) is 3.01. The van der Waals surface area contributed by atoms with Crippen LogP contribution in [0.4, 0.5) is 0 Å². The topological polar surface area (TPSA) is 49.8 Å². The zero-order valence-electron chi connectivity index (χ0n) is 11.1. The Morgan fingerprint density at radius 1 is 1.59 bits per heavy atom. The van der Waals surface area contributed by atoms with E-state index in [1.807, 2.05) is 24.6 Å². The van der Waals surface area contributed by atoms with Crippen molar-refractivity contribution in [3.8, 4) is 0 Å². The molecule has 0 spiro atoms. The fourth-order valence-electron chi connectivity index (χ4n) is 1.78. The molecule has 17 heavy (non-hydrogen) atoms. The Bertz CT molecular complexity index is 453. The minimum atomic E-state index is -0.289. The molecule has 0 bridgehead atoms. The van der Waals surface area contributed by atoms with E-state index in [2.05, 4.69) is 31.1 Å². The second kappa shape index (κ2) is 5.04. The highest BCUT2D eigenvalue weighted by Gasteiger charge is 2.24. The fraction of sp³-hybridized carbons (Fsp3) is 0.667. The van der Waals surface area contributed by atoms with Gasteiger partial charge >= 0.3 is 0 Å². The van der Waals surface area contributed by atoms with E-state index in [1.54, 1.807) is 0 Å². The standard InChI is InChI=1S/C12H21N3OS/c1-6-13-10(16)8(2)15-9(12(3,4)5)7-14-11(15)17/h7-8H,6H2,1-5H3,(H,13,16)(H,14,17). The number of aromatic amines is 1. The molecule has 0 aliphatic rings. The van der Waals surface area contributed by atoms with Crippen LogP contribution in [-0.4, -0.2) is 22.0 Å². The second-order valence-electron chi connectivity index (χ2n) is 5.17. The van der Waals surface area contributed by atoms with Gasteiger partial charge in [-0.25, -0.2) is 0 Å². The van der Waals surface area contributed by atoms with Crippen molar-refractivity contribution in [2.24, 2.45) is 0 Å². The summed E-state index contributed by atoms with van der Waals surface area (Å²) in [5.74, 6) is -0.00583. The first-order chi connectivity index (χ1) is 7.79. The number of nitrogens with one attached hydrogen (secondary N) is 2. The van der Waals surface area contributed by atoms with Crippen LogP contribution in [0.5, 0.6) is 0 Å². The molecule has 1 heterocycles. The first kappa shape index (κ1) is 14.0. The highest BCUT2D eigenvalue weighted by atomic mass is 32.1. The molecule has 0 aliphatic carbocycles. The first-order valence-corrected chi connectivity index (χ1v) is 6.28. The predicted molar refractivity (Wildman–Crippen MR) is 71.7 cm³/mol. The molecule has 1 rings (SSSR count). The Balaban J connectivity index is 3.17. The minimum Gasteiger partial charge on any atom is -0.355 e. The largest absolute Gasteiger partial charge is 0.355 e. The molecule has 1 amide bonds. The average molecular weight is 255 g/mol. The van der Waals surface area contributed by atoms with E-state index in [0.29, 0.717) is 11.3 Å². The molecule has 0 fully saturated rings. The Labute approximate surface area is 107 Å². The van der Waals surface area contributed by atoms with Crippen LogP contribution in [0.15, 0.2) is 6.20 Å². The molecule has 4 nitrogen and oxygen atoms in total. The molecular weight excluding hydrogens is 234 g/mol. The highest BCUT2D eigenvalue weighted by Crippen LogP contribution is 2.25. The van der Waals surface area contributed by atoms with Gasteiger partial charge in [-0.15, -0.1) is 0 Å². The zero-order valence-corrected chi connectivity index (χ0v) is 11.9. The summed E-state index contributed by atoms with van der Waals surface area (Å²) in [7, 11) is 0. The van der Waals surface area contributed by atoms with Crippen molar-refractivity contribution >= 4 is 18.1 Å². The Kier molecular flexibility index (Phi) is 4.14. The van der Waals surface area contributed by atoms with E-state index >= 15 is 0 Å². The fourth-order valence-corrected chi connectivity index (χ4v) is 2.10. The van der Waals surface area contributed by atoms with Crippen molar-refractivity contribution in [2.45, 2.75) is 46.1 Å². The van der Waals surface area contributed by atoms with Gasteiger partial charge in [-0.05, 0) is 26.1 Å². The number of nitrogens with zero attached hydrogens (tertiary/aromatic N) is 1. The van der Waals surface area contributed by atoms with Gasteiger partial charge in [0, 0.05) is 23.9 Å². The molecular formula is C12H21N3OS. The number of amides is 1. The molecule has 0 aliphatic heterocycles. The number of likely N-dealkylation sites (N-methyl/N-ethyl adjacent to an activating group) is 1. The van der Waals surface area contributed by atoms with Gasteiger partial charge in [-0.3, -0.25) is 4.79 Å². The van der Waals surface area contributed by atoms with Gasteiger partial charge in [-0.2, -0.15) is 0 Å². The van der Waals surface area contributed by atoms with Crippen LogP contribution in [0.2, 0.25) is 0 Å². The van der Waals surface area contributed by atoms with E-state index in [4.69, 9.17) is 12.2 Å². The number of hydrogen-bond donors (Lipinski definition) is 2. The van der Waals surface area contributed by atoms with Crippen molar-refractivity contribution in [3.63, 3.8) is 0 Å². The van der Waals surface area contributed by atoms with Gasteiger partial charge in [-0.1, -0.05) is 20.8 Å². The van der Waals surface area contributed by atoms with Crippen LogP contribution < -0.4 is 5.32 Å². The number of hydrogen-bond acceptors (Lipinski definition) is 2. The summed E-state index contributed by atoms with van der Waals surface area (Å²) in [6, 6.07) is -0.289. The lowest BCUT2D eigenvalue weighted by Crippen LogP contribution is -2.33. The molecule has 1 atom stereocenters. The van der Waals surface area contributed by atoms with E-state index in [-0.39, 0.29) is 17.4 Å². The van der Waals surface area contributed by atoms with Crippen LogP contribution >= 0.6 is 12.2 Å². The lowest BCUT2D eigenvalue weighted by atomic mass is 9.92. The number of aromatic nitrogens is 2. The van der Waals surface area contributed by atoms with Crippen LogP contribution in [0.1, 0.15) is 46.4 Å². The molecule has 0 radical (unpaired) electrons. The van der Waals surface area contributed by atoms with Crippen LogP contribution in [0.3, 0.4) is 0 Å². The first-order valence-electron chi connectivity index (χ1n) is 5.87. The summed E-state index contributed by atoms with van der Waals surface area (Å²) in [6.07, 6.45) is 1.89. The van der Waals surface area contributed by atoms with Crippen molar-refractivity contribution in [3.05, 3.63) is 16.7 Å². The predicted octanol–water partition coefficient (Wildman–Crippen LogP) is 2.54. The Morgan fingerprint density at radius 3 is 2.65 bits per heavy atom. The van der Waals surface area contributed by atoms with Gasteiger partial charge in [0.05, 0.1) is 0 Å². The van der Waals surface area contributed by atoms with Crippen molar-refractivity contribution in [1.82, 2.24) is 14.9 Å². The number of H-pyrrole nitrogens is 1. The smallest absolute Gasteiger partial charge is 0.242 e. The molecule has 0 aromatic carbocycles. The summed E-state index contributed by atoms with van der Waals surface area (Å²) < 4.78 is 2.48. The lowest BCUT2D eigenvalue weighted by Gasteiger charge is -2.24. The van der Waals surface area contributed by atoms with Gasteiger partial charge in [0.15, 0.2) is 4.77 Å². The monoisotopic (exact) mass is 255 g/mol. The van der Waals surface area contributed by atoms with Crippen molar-refractivity contribution in [2.75, 3.05) is 6.54 Å². The molecule has 0 saturated heterocycles. The number of rotatable bonds is 3. The number of imidazole rings is 1.